The molecule has 23 heavy (non-hydrogen) atoms. The van der Waals surface area contributed by atoms with Crippen molar-refractivity contribution in [3.63, 3.8) is 0 Å². The number of sulfonamides is 1. The van der Waals surface area contributed by atoms with Crippen molar-refractivity contribution in [2.75, 3.05) is 20.6 Å². The molecule has 1 aromatic carbocycles. The van der Waals surface area contributed by atoms with E-state index in [1.165, 1.54) is 16.1 Å². The van der Waals surface area contributed by atoms with Crippen molar-refractivity contribution >= 4 is 15.9 Å². The molecule has 0 aromatic heterocycles. The number of hydrogen-bond acceptors (Lipinski definition) is 3. The third-order valence-electron chi connectivity index (χ3n) is 4.56. The summed E-state index contributed by atoms with van der Waals surface area (Å²) < 4.78 is 27.4. The molecule has 2 rings (SSSR count). The van der Waals surface area contributed by atoms with E-state index in [0.29, 0.717) is 6.54 Å². The number of amides is 1. The molecule has 5 nitrogen and oxygen atoms in total. The van der Waals surface area contributed by atoms with Crippen LogP contribution in [0.3, 0.4) is 0 Å². The molecule has 0 radical (unpaired) electrons. The molecule has 1 aliphatic heterocycles. The van der Waals surface area contributed by atoms with Gasteiger partial charge in [-0.05, 0) is 44.7 Å². The lowest BCUT2D eigenvalue weighted by Crippen LogP contribution is -2.45. The molecule has 1 aromatic rings. The highest BCUT2D eigenvalue weighted by Gasteiger charge is 2.41. The van der Waals surface area contributed by atoms with Crippen molar-refractivity contribution < 1.29 is 13.2 Å². The number of rotatable bonds is 4. The molecule has 0 saturated carbocycles. The minimum absolute atomic E-state index is 0.169. The fourth-order valence-electron chi connectivity index (χ4n) is 3.17. The van der Waals surface area contributed by atoms with Gasteiger partial charge in [0.2, 0.25) is 15.9 Å². The zero-order valence-corrected chi connectivity index (χ0v) is 15.4. The Hall–Kier alpha value is -1.40. The maximum Gasteiger partial charge on any atom is 0.241 e. The minimum Gasteiger partial charge on any atom is -0.348 e. The average molecular weight is 338 g/mol. The van der Waals surface area contributed by atoms with Crippen molar-refractivity contribution in [3.05, 3.63) is 34.9 Å². The van der Waals surface area contributed by atoms with Crippen molar-refractivity contribution in [2.45, 2.75) is 44.9 Å². The SMILES string of the molecule is Cc1ccc(C)c([C@H]2CCCN2S(=O)(=O)[C@@H](C)C(=O)N(C)C)c1. The smallest absolute Gasteiger partial charge is 0.241 e. The largest absolute Gasteiger partial charge is 0.348 e. The quantitative estimate of drug-likeness (QED) is 0.846. The predicted molar refractivity (Wildman–Crippen MR) is 91.7 cm³/mol. The second-order valence-corrected chi connectivity index (χ2v) is 8.75. The summed E-state index contributed by atoms with van der Waals surface area (Å²) in [5.41, 5.74) is 3.26. The molecule has 128 valence electrons. The topological polar surface area (TPSA) is 57.7 Å². The Balaban J connectivity index is 2.38. The Morgan fingerprint density at radius 3 is 2.57 bits per heavy atom. The first-order valence-electron chi connectivity index (χ1n) is 7.95. The highest BCUT2D eigenvalue weighted by atomic mass is 32.2. The van der Waals surface area contributed by atoms with Crippen LogP contribution >= 0.6 is 0 Å². The van der Waals surface area contributed by atoms with Crippen LogP contribution in [0.2, 0.25) is 0 Å². The fourth-order valence-corrected chi connectivity index (χ4v) is 5.00. The fraction of sp³-hybridized carbons (Fsp3) is 0.588. The van der Waals surface area contributed by atoms with Crippen molar-refractivity contribution in [3.8, 4) is 0 Å². The Kier molecular flexibility index (Phi) is 5.16. The van der Waals surface area contributed by atoms with Gasteiger partial charge in [-0.25, -0.2) is 8.42 Å². The van der Waals surface area contributed by atoms with Gasteiger partial charge in [-0.15, -0.1) is 0 Å². The zero-order chi connectivity index (χ0) is 17.4. The second-order valence-electron chi connectivity index (χ2n) is 6.55. The van der Waals surface area contributed by atoms with E-state index in [1.54, 1.807) is 14.1 Å². The first-order valence-corrected chi connectivity index (χ1v) is 9.45. The van der Waals surface area contributed by atoms with Crippen LogP contribution in [0.4, 0.5) is 0 Å². The van der Waals surface area contributed by atoms with Gasteiger partial charge in [0.05, 0.1) is 6.04 Å². The van der Waals surface area contributed by atoms with Gasteiger partial charge in [-0.1, -0.05) is 23.8 Å². The Morgan fingerprint density at radius 1 is 1.30 bits per heavy atom. The van der Waals surface area contributed by atoms with Crippen molar-refractivity contribution in [2.24, 2.45) is 0 Å². The van der Waals surface area contributed by atoms with Crippen molar-refractivity contribution in [1.82, 2.24) is 9.21 Å². The summed E-state index contributed by atoms with van der Waals surface area (Å²) in [6, 6.07) is 5.96. The van der Waals surface area contributed by atoms with Gasteiger partial charge >= 0.3 is 0 Å². The number of carbonyl (C=O) groups excluding carboxylic acids is 1. The molecular formula is C17H26N2O3S. The van der Waals surface area contributed by atoms with Crippen LogP contribution in [0, 0.1) is 13.8 Å². The summed E-state index contributed by atoms with van der Waals surface area (Å²) in [6.45, 7) is 5.97. The molecular weight excluding hydrogens is 312 g/mol. The zero-order valence-electron chi connectivity index (χ0n) is 14.5. The highest BCUT2D eigenvalue weighted by Crippen LogP contribution is 2.37. The first-order chi connectivity index (χ1) is 10.7. The summed E-state index contributed by atoms with van der Waals surface area (Å²) in [4.78, 5) is 13.5. The van der Waals surface area contributed by atoms with Crippen LogP contribution in [0.1, 0.15) is 42.5 Å². The van der Waals surface area contributed by atoms with Gasteiger partial charge in [-0.3, -0.25) is 4.79 Å². The number of benzene rings is 1. The molecule has 0 N–H and O–H groups in total. The molecule has 1 fully saturated rings. The second kappa shape index (κ2) is 6.61. The van der Waals surface area contributed by atoms with Gasteiger partial charge in [0, 0.05) is 20.6 Å². The normalized spacial score (nSPS) is 20.5. The van der Waals surface area contributed by atoms with Crippen molar-refractivity contribution in [1.29, 1.82) is 0 Å². The van der Waals surface area contributed by atoms with Crippen LogP contribution in [0.15, 0.2) is 18.2 Å². The molecule has 1 aliphatic rings. The van der Waals surface area contributed by atoms with E-state index in [4.69, 9.17) is 0 Å². The summed E-state index contributed by atoms with van der Waals surface area (Å²) in [5.74, 6) is -0.378. The minimum atomic E-state index is -3.67. The van der Waals surface area contributed by atoms with Gasteiger partial charge in [0.15, 0.2) is 5.25 Å². The maximum absolute atomic E-state index is 12.9. The lowest BCUT2D eigenvalue weighted by molar-refractivity contribution is -0.128. The van der Waals surface area contributed by atoms with E-state index in [1.807, 2.05) is 26.0 Å². The number of carbonyl (C=O) groups is 1. The third kappa shape index (κ3) is 3.43. The summed E-state index contributed by atoms with van der Waals surface area (Å²) in [5, 5.41) is -1.05. The number of nitrogens with zero attached hydrogens (tertiary/aromatic N) is 2. The van der Waals surface area contributed by atoms with E-state index in [0.717, 1.165) is 29.5 Å². The highest BCUT2D eigenvalue weighted by molar-refractivity contribution is 7.90. The lowest BCUT2D eigenvalue weighted by atomic mass is 9.98. The monoisotopic (exact) mass is 338 g/mol. The molecule has 6 heteroatoms. The molecule has 1 amide bonds. The van der Waals surface area contributed by atoms with Crippen LogP contribution in [-0.4, -0.2) is 49.4 Å². The van der Waals surface area contributed by atoms with E-state index < -0.39 is 15.3 Å². The van der Waals surface area contributed by atoms with Crippen LogP contribution in [0.25, 0.3) is 0 Å². The van der Waals surface area contributed by atoms with Crippen LogP contribution < -0.4 is 0 Å². The first kappa shape index (κ1) is 17.9. The standard InChI is InChI=1S/C17H26N2O3S/c1-12-8-9-13(2)15(11-12)16-7-6-10-19(16)23(21,22)14(3)17(20)18(4)5/h8-9,11,14,16H,6-7,10H2,1-5H3/t14-,16+/m0/s1. The molecule has 1 saturated heterocycles. The van der Waals surface area contributed by atoms with Gasteiger partial charge in [0.25, 0.3) is 0 Å². The Bertz CT molecular complexity index is 698. The summed E-state index contributed by atoms with van der Waals surface area (Å²) >= 11 is 0. The molecule has 1 heterocycles. The van der Waals surface area contributed by atoms with E-state index >= 15 is 0 Å². The molecule has 0 spiro atoms. The third-order valence-corrected chi connectivity index (χ3v) is 6.75. The van der Waals surface area contributed by atoms with Gasteiger partial charge in [-0.2, -0.15) is 4.31 Å². The Labute approximate surface area is 139 Å². The number of aryl methyl sites for hydroxylation is 2. The predicted octanol–water partition coefficient (Wildman–Crippen LogP) is 2.25. The van der Waals surface area contributed by atoms with E-state index in [2.05, 4.69) is 6.07 Å². The number of hydrogen-bond donors (Lipinski definition) is 0. The molecule has 2 atom stereocenters. The molecule has 0 unspecified atom stereocenters. The van der Waals surface area contributed by atoms with Crippen LogP contribution in [0.5, 0.6) is 0 Å². The van der Waals surface area contributed by atoms with Gasteiger partial charge < -0.3 is 4.90 Å². The van der Waals surface area contributed by atoms with Crippen LogP contribution in [-0.2, 0) is 14.8 Å². The maximum atomic E-state index is 12.9. The Morgan fingerprint density at radius 2 is 1.96 bits per heavy atom. The lowest BCUT2D eigenvalue weighted by Gasteiger charge is -2.29. The molecule has 0 aliphatic carbocycles. The summed E-state index contributed by atoms with van der Waals surface area (Å²) in [7, 11) is -0.500. The van der Waals surface area contributed by atoms with E-state index in [9.17, 15) is 13.2 Å². The van der Waals surface area contributed by atoms with E-state index in [-0.39, 0.29) is 11.9 Å². The average Bonchev–Trinajstić information content (AvgIpc) is 2.98. The molecule has 0 bridgehead atoms. The summed E-state index contributed by atoms with van der Waals surface area (Å²) in [6.07, 6.45) is 1.62. The van der Waals surface area contributed by atoms with Gasteiger partial charge in [0.1, 0.15) is 0 Å².